The third-order valence-corrected chi connectivity index (χ3v) is 8.75. The summed E-state index contributed by atoms with van der Waals surface area (Å²) in [6.07, 6.45) is 4.86. The molecule has 150 valence electrons. The van der Waals surface area contributed by atoms with Crippen LogP contribution in [0.15, 0.2) is 40.6 Å². The Morgan fingerprint density at radius 3 is 2.36 bits per heavy atom. The van der Waals surface area contributed by atoms with E-state index in [9.17, 15) is 13.2 Å². The van der Waals surface area contributed by atoms with Gasteiger partial charge in [0.25, 0.3) is 5.91 Å². The predicted molar refractivity (Wildman–Crippen MR) is 111 cm³/mol. The van der Waals surface area contributed by atoms with Gasteiger partial charge in [0, 0.05) is 30.1 Å². The highest BCUT2D eigenvalue weighted by molar-refractivity contribution is 7.89. The summed E-state index contributed by atoms with van der Waals surface area (Å²) in [6, 6.07) is 8.62. The molecule has 0 saturated carbocycles. The van der Waals surface area contributed by atoms with Crippen molar-refractivity contribution in [2.45, 2.75) is 50.0 Å². The first kappa shape index (κ1) is 19.6. The smallest absolute Gasteiger partial charge is 0.254 e. The Hall–Kier alpha value is -1.70. The molecule has 2 aliphatic rings. The van der Waals surface area contributed by atoms with E-state index in [4.69, 9.17) is 0 Å². The molecule has 2 aliphatic heterocycles. The summed E-state index contributed by atoms with van der Waals surface area (Å²) < 4.78 is 27.4. The number of amides is 1. The maximum atomic E-state index is 13.0. The van der Waals surface area contributed by atoms with Crippen molar-refractivity contribution in [2.24, 2.45) is 0 Å². The summed E-state index contributed by atoms with van der Waals surface area (Å²) in [7, 11) is -3.49. The van der Waals surface area contributed by atoms with Gasteiger partial charge < -0.3 is 4.90 Å². The molecular formula is C21H26N2O3S2. The maximum Gasteiger partial charge on any atom is 0.254 e. The minimum Gasteiger partial charge on any atom is -0.331 e. The highest BCUT2D eigenvalue weighted by Crippen LogP contribution is 2.33. The van der Waals surface area contributed by atoms with Crippen LogP contribution in [0.2, 0.25) is 0 Å². The van der Waals surface area contributed by atoms with E-state index in [-0.39, 0.29) is 16.8 Å². The van der Waals surface area contributed by atoms with Gasteiger partial charge in [-0.2, -0.15) is 4.31 Å². The third kappa shape index (κ3) is 3.63. The van der Waals surface area contributed by atoms with Crippen LogP contribution in [0.25, 0.3) is 0 Å². The molecule has 0 bridgehead atoms. The van der Waals surface area contributed by atoms with Gasteiger partial charge in [-0.1, -0.05) is 12.8 Å². The zero-order valence-corrected chi connectivity index (χ0v) is 17.8. The fourth-order valence-corrected chi connectivity index (χ4v) is 6.63. The van der Waals surface area contributed by atoms with Gasteiger partial charge in [-0.25, -0.2) is 8.42 Å². The van der Waals surface area contributed by atoms with E-state index < -0.39 is 10.0 Å². The van der Waals surface area contributed by atoms with E-state index in [0.29, 0.717) is 25.2 Å². The van der Waals surface area contributed by atoms with Crippen LogP contribution >= 0.6 is 11.3 Å². The van der Waals surface area contributed by atoms with Crippen molar-refractivity contribution in [2.75, 3.05) is 19.6 Å². The molecule has 0 aliphatic carbocycles. The molecule has 5 nitrogen and oxygen atoms in total. The highest BCUT2D eigenvalue weighted by Gasteiger charge is 2.30. The molecule has 28 heavy (non-hydrogen) atoms. The van der Waals surface area contributed by atoms with Gasteiger partial charge in [-0.3, -0.25) is 4.79 Å². The van der Waals surface area contributed by atoms with Crippen molar-refractivity contribution in [3.63, 3.8) is 0 Å². The molecule has 4 rings (SSSR count). The number of sulfonamides is 1. The van der Waals surface area contributed by atoms with Gasteiger partial charge >= 0.3 is 0 Å². The molecule has 7 heteroatoms. The molecule has 1 fully saturated rings. The van der Waals surface area contributed by atoms with Gasteiger partial charge in [-0.05, 0) is 67.5 Å². The van der Waals surface area contributed by atoms with E-state index in [1.807, 2.05) is 4.90 Å². The van der Waals surface area contributed by atoms with Crippen molar-refractivity contribution in [1.82, 2.24) is 9.21 Å². The van der Waals surface area contributed by atoms with Crippen LogP contribution in [0.5, 0.6) is 0 Å². The lowest BCUT2D eigenvalue weighted by Crippen LogP contribution is -2.38. The SMILES string of the molecule is C[C@H]1c2ccsc2CCN1C(=O)c1ccc(S(=O)(=O)N2CCCCCC2)cc1. The number of carbonyl (C=O) groups excluding carboxylic acids is 1. The standard InChI is InChI=1S/C21H26N2O3S2/c1-16-19-11-15-27-20(19)10-14-23(16)21(24)17-6-8-18(9-7-17)28(25,26)22-12-4-2-3-5-13-22/h6-9,11,15-16H,2-5,10,12-14H2,1H3/t16-/m0/s1. The Morgan fingerprint density at radius 1 is 1.00 bits per heavy atom. The van der Waals surface area contributed by atoms with Gasteiger partial charge in [0.15, 0.2) is 0 Å². The molecule has 0 N–H and O–H groups in total. The van der Waals surface area contributed by atoms with Crippen molar-refractivity contribution >= 4 is 27.3 Å². The van der Waals surface area contributed by atoms with Crippen LogP contribution in [-0.2, 0) is 16.4 Å². The third-order valence-electron chi connectivity index (χ3n) is 5.84. The van der Waals surface area contributed by atoms with E-state index in [2.05, 4.69) is 18.4 Å². The lowest BCUT2D eigenvalue weighted by atomic mass is 10.0. The Morgan fingerprint density at radius 2 is 1.68 bits per heavy atom. The number of nitrogens with zero attached hydrogens (tertiary/aromatic N) is 2. The number of carbonyl (C=O) groups is 1. The molecule has 3 heterocycles. The Bertz CT molecular complexity index is 942. The summed E-state index contributed by atoms with van der Waals surface area (Å²) in [6.45, 7) is 3.91. The maximum absolute atomic E-state index is 13.0. The molecule has 1 aromatic heterocycles. The minimum absolute atomic E-state index is 0.0388. The summed E-state index contributed by atoms with van der Waals surface area (Å²) in [5, 5.41) is 2.08. The summed E-state index contributed by atoms with van der Waals surface area (Å²) >= 11 is 1.75. The molecule has 0 spiro atoms. The van der Waals surface area contributed by atoms with Crippen LogP contribution in [0.3, 0.4) is 0 Å². The van der Waals surface area contributed by atoms with Gasteiger partial charge in [-0.15, -0.1) is 11.3 Å². The average molecular weight is 419 g/mol. The fourth-order valence-electron chi connectivity index (χ4n) is 4.15. The van der Waals surface area contributed by atoms with Crippen LogP contribution in [0, 0.1) is 0 Å². The average Bonchev–Trinajstić information content (AvgIpc) is 3.01. The number of thiophene rings is 1. The number of rotatable bonds is 3. The van der Waals surface area contributed by atoms with Gasteiger partial charge in [0.2, 0.25) is 10.0 Å². The Balaban J connectivity index is 1.52. The van der Waals surface area contributed by atoms with E-state index in [1.54, 1.807) is 39.9 Å². The second-order valence-electron chi connectivity index (χ2n) is 7.57. The van der Waals surface area contributed by atoms with Gasteiger partial charge in [0.05, 0.1) is 10.9 Å². The van der Waals surface area contributed by atoms with E-state index in [1.165, 1.54) is 10.4 Å². The topological polar surface area (TPSA) is 57.7 Å². The van der Waals surface area contributed by atoms with Crippen molar-refractivity contribution in [3.8, 4) is 0 Å². The fraction of sp³-hybridized carbons (Fsp3) is 0.476. The van der Waals surface area contributed by atoms with Crippen molar-refractivity contribution < 1.29 is 13.2 Å². The van der Waals surface area contributed by atoms with Crippen molar-refractivity contribution in [3.05, 3.63) is 51.7 Å². The molecule has 1 amide bonds. The Labute approximate surface area is 171 Å². The molecular weight excluding hydrogens is 392 g/mol. The van der Waals surface area contributed by atoms with Crippen LogP contribution < -0.4 is 0 Å². The van der Waals surface area contributed by atoms with Crippen LogP contribution in [0.4, 0.5) is 0 Å². The summed E-state index contributed by atoms with van der Waals surface area (Å²) in [5.74, 6) is -0.0388. The predicted octanol–water partition coefficient (Wildman–Crippen LogP) is 4.07. The molecule has 2 aromatic rings. The molecule has 0 unspecified atom stereocenters. The molecule has 1 saturated heterocycles. The van der Waals surface area contributed by atoms with E-state index >= 15 is 0 Å². The lowest BCUT2D eigenvalue weighted by Gasteiger charge is -2.33. The first-order valence-electron chi connectivity index (χ1n) is 9.96. The zero-order valence-electron chi connectivity index (χ0n) is 16.1. The van der Waals surface area contributed by atoms with Gasteiger partial charge in [0.1, 0.15) is 0 Å². The normalized spacial score (nSPS) is 21.2. The quantitative estimate of drug-likeness (QED) is 0.755. The highest BCUT2D eigenvalue weighted by atomic mass is 32.2. The summed E-state index contributed by atoms with van der Waals surface area (Å²) in [5.41, 5.74) is 1.77. The largest absolute Gasteiger partial charge is 0.331 e. The molecule has 1 atom stereocenters. The number of benzene rings is 1. The van der Waals surface area contributed by atoms with Crippen LogP contribution in [-0.4, -0.2) is 43.2 Å². The first-order chi connectivity index (χ1) is 13.5. The molecule has 0 radical (unpaired) electrons. The second kappa shape index (κ2) is 7.97. The first-order valence-corrected chi connectivity index (χ1v) is 12.3. The van der Waals surface area contributed by atoms with Crippen LogP contribution in [0.1, 0.15) is 59.4 Å². The number of hydrogen-bond donors (Lipinski definition) is 0. The number of hydrogen-bond acceptors (Lipinski definition) is 4. The van der Waals surface area contributed by atoms with E-state index in [0.717, 1.165) is 32.1 Å². The summed E-state index contributed by atoms with van der Waals surface area (Å²) in [4.78, 5) is 16.5. The zero-order chi connectivity index (χ0) is 19.7. The minimum atomic E-state index is -3.49. The monoisotopic (exact) mass is 418 g/mol. The molecule has 1 aromatic carbocycles. The Kier molecular flexibility index (Phi) is 5.58. The van der Waals surface area contributed by atoms with Crippen molar-refractivity contribution in [1.29, 1.82) is 0 Å². The number of fused-ring (bicyclic) bond motifs is 1. The lowest BCUT2D eigenvalue weighted by molar-refractivity contribution is 0.0679. The second-order valence-corrected chi connectivity index (χ2v) is 10.5.